The number of carbonyl (C=O) groups excluding carboxylic acids is 1. The van der Waals surface area contributed by atoms with Crippen LogP contribution in [-0.4, -0.2) is 23.2 Å². The SMILES string of the molecule is COCc1cc(C(=O)Nc2ccc(N)cn2)no1. The van der Waals surface area contributed by atoms with Crippen LogP contribution < -0.4 is 11.1 Å². The van der Waals surface area contributed by atoms with Crippen molar-refractivity contribution in [3.05, 3.63) is 35.9 Å². The molecule has 2 aromatic rings. The van der Waals surface area contributed by atoms with E-state index in [1.165, 1.54) is 19.4 Å². The summed E-state index contributed by atoms with van der Waals surface area (Å²) in [7, 11) is 1.53. The maximum Gasteiger partial charge on any atom is 0.279 e. The molecule has 18 heavy (non-hydrogen) atoms. The van der Waals surface area contributed by atoms with Crippen molar-refractivity contribution in [3.63, 3.8) is 0 Å². The molecule has 94 valence electrons. The van der Waals surface area contributed by atoms with Crippen molar-refractivity contribution in [2.24, 2.45) is 0 Å². The zero-order valence-corrected chi connectivity index (χ0v) is 9.71. The number of methoxy groups -OCH3 is 1. The van der Waals surface area contributed by atoms with Crippen LogP contribution >= 0.6 is 0 Å². The minimum Gasteiger partial charge on any atom is -0.397 e. The zero-order valence-electron chi connectivity index (χ0n) is 9.71. The van der Waals surface area contributed by atoms with E-state index in [0.717, 1.165) is 0 Å². The molecule has 0 saturated heterocycles. The van der Waals surface area contributed by atoms with Gasteiger partial charge < -0.3 is 20.3 Å². The van der Waals surface area contributed by atoms with Gasteiger partial charge in [-0.3, -0.25) is 4.79 Å². The molecule has 2 heterocycles. The molecule has 0 fully saturated rings. The summed E-state index contributed by atoms with van der Waals surface area (Å²) < 4.78 is 9.77. The highest BCUT2D eigenvalue weighted by molar-refractivity contribution is 6.02. The second-order valence-electron chi connectivity index (χ2n) is 3.54. The van der Waals surface area contributed by atoms with Crippen molar-refractivity contribution >= 4 is 17.4 Å². The van der Waals surface area contributed by atoms with Gasteiger partial charge in [0.05, 0.1) is 11.9 Å². The first-order valence-corrected chi connectivity index (χ1v) is 5.16. The van der Waals surface area contributed by atoms with Gasteiger partial charge in [-0.1, -0.05) is 5.16 Å². The molecule has 3 N–H and O–H groups in total. The lowest BCUT2D eigenvalue weighted by Gasteiger charge is -2.01. The molecule has 7 heteroatoms. The molecule has 0 aliphatic rings. The molecule has 0 unspecified atom stereocenters. The van der Waals surface area contributed by atoms with Crippen LogP contribution in [-0.2, 0) is 11.3 Å². The first kappa shape index (κ1) is 12.1. The predicted molar refractivity (Wildman–Crippen MR) is 63.8 cm³/mol. The van der Waals surface area contributed by atoms with Crippen LogP contribution in [0.3, 0.4) is 0 Å². The number of hydrogen-bond acceptors (Lipinski definition) is 6. The average molecular weight is 248 g/mol. The Balaban J connectivity index is 2.04. The van der Waals surface area contributed by atoms with Crippen molar-refractivity contribution < 1.29 is 14.1 Å². The van der Waals surface area contributed by atoms with Gasteiger partial charge in [0, 0.05) is 13.2 Å². The third-order valence-corrected chi connectivity index (χ3v) is 2.11. The van der Waals surface area contributed by atoms with Crippen LogP contribution in [0.2, 0.25) is 0 Å². The Kier molecular flexibility index (Phi) is 3.54. The fourth-order valence-electron chi connectivity index (χ4n) is 1.29. The van der Waals surface area contributed by atoms with Gasteiger partial charge in [-0.25, -0.2) is 4.98 Å². The highest BCUT2D eigenvalue weighted by Gasteiger charge is 2.12. The molecule has 2 rings (SSSR count). The Bertz CT molecular complexity index is 535. The van der Waals surface area contributed by atoms with Crippen molar-refractivity contribution in [3.8, 4) is 0 Å². The Morgan fingerprint density at radius 2 is 2.39 bits per heavy atom. The number of ether oxygens (including phenoxy) is 1. The number of aromatic nitrogens is 2. The summed E-state index contributed by atoms with van der Waals surface area (Å²) >= 11 is 0. The van der Waals surface area contributed by atoms with Crippen LogP contribution in [0.15, 0.2) is 28.9 Å². The molecular formula is C11H12N4O3. The van der Waals surface area contributed by atoms with Crippen LogP contribution in [0.4, 0.5) is 11.5 Å². The summed E-state index contributed by atoms with van der Waals surface area (Å²) in [4.78, 5) is 15.7. The van der Waals surface area contributed by atoms with E-state index in [0.29, 0.717) is 17.3 Å². The molecule has 0 atom stereocenters. The van der Waals surface area contributed by atoms with Gasteiger partial charge in [0.15, 0.2) is 11.5 Å². The van der Waals surface area contributed by atoms with E-state index in [1.54, 1.807) is 12.1 Å². The van der Waals surface area contributed by atoms with Gasteiger partial charge in [-0.2, -0.15) is 0 Å². The summed E-state index contributed by atoms with van der Waals surface area (Å²) in [6.45, 7) is 0.264. The number of hydrogen-bond donors (Lipinski definition) is 2. The second kappa shape index (κ2) is 5.28. The van der Waals surface area contributed by atoms with Crippen LogP contribution in [0.25, 0.3) is 0 Å². The van der Waals surface area contributed by atoms with E-state index < -0.39 is 5.91 Å². The largest absolute Gasteiger partial charge is 0.397 e. The van der Waals surface area contributed by atoms with Gasteiger partial charge in [0.2, 0.25) is 0 Å². The number of carbonyl (C=O) groups is 1. The van der Waals surface area contributed by atoms with E-state index in [2.05, 4.69) is 15.5 Å². The molecule has 1 amide bonds. The van der Waals surface area contributed by atoms with Gasteiger partial charge in [0.25, 0.3) is 5.91 Å². The number of amides is 1. The predicted octanol–water partition coefficient (Wildman–Crippen LogP) is 1.05. The zero-order chi connectivity index (χ0) is 13.0. The van der Waals surface area contributed by atoms with E-state index in [-0.39, 0.29) is 12.3 Å². The van der Waals surface area contributed by atoms with E-state index in [9.17, 15) is 4.79 Å². The molecule has 0 radical (unpaired) electrons. The van der Waals surface area contributed by atoms with Gasteiger partial charge >= 0.3 is 0 Å². The van der Waals surface area contributed by atoms with Crippen LogP contribution in [0, 0.1) is 0 Å². The number of nitrogens with one attached hydrogen (secondary N) is 1. The smallest absolute Gasteiger partial charge is 0.279 e. The van der Waals surface area contributed by atoms with Crippen LogP contribution in [0.1, 0.15) is 16.2 Å². The molecule has 0 bridgehead atoms. The minimum atomic E-state index is -0.404. The first-order chi connectivity index (χ1) is 8.69. The third-order valence-electron chi connectivity index (χ3n) is 2.11. The third kappa shape index (κ3) is 2.83. The van der Waals surface area contributed by atoms with Crippen molar-refractivity contribution in [1.82, 2.24) is 10.1 Å². The summed E-state index contributed by atoms with van der Waals surface area (Å²) in [5.41, 5.74) is 6.18. The fourth-order valence-corrected chi connectivity index (χ4v) is 1.29. The van der Waals surface area contributed by atoms with Gasteiger partial charge in [-0.05, 0) is 12.1 Å². The number of anilines is 2. The van der Waals surface area contributed by atoms with E-state index in [4.69, 9.17) is 15.0 Å². The maximum atomic E-state index is 11.8. The standard InChI is InChI=1S/C11H12N4O3/c1-17-6-8-4-9(15-18-8)11(16)14-10-3-2-7(12)5-13-10/h2-5H,6,12H2,1H3,(H,13,14,16). The quantitative estimate of drug-likeness (QED) is 0.838. The molecule has 0 aromatic carbocycles. The average Bonchev–Trinajstić information content (AvgIpc) is 2.81. The number of nitrogens with two attached hydrogens (primary N) is 1. The number of rotatable bonds is 4. The lowest BCUT2D eigenvalue weighted by Crippen LogP contribution is -2.13. The van der Waals surface area contributed by atoms with Gasteiger partial charge in [-0.15, -0.1) is 0 Å². The molecule has 0 spiro atoms. The van der Waals surface area contributed by atoms with E-state index >= 15 is 0 Å². The van der Waals surface area contributed by atoms with Gasteiger partial charge in [0.1, 0.15) is 12.4 Å². The number of nitrogens with zero attached hydrogens (tertiary/aromatic N) is 2. The summed E-state index contributed by atoms with van der Waals surface area (Å²) in [6.07, 6.45) is 1.45. The van der Waals surface area contributed by atoms with E-state index in [1.807, 2.05) is 0 Å². The normalized spacial score (nSPS) is 10.3. The van der Waals surface area contributed by atoms with Crippen LogP contribution in [0.5, 0.6) is 0 Å². The summed E-state index contributed by atoms with van der Waals surface area (Å²) in [5.74, 6) is 0.469. The summed E-state index contributed by atoms with van der Waals surface area (Å²) in [5, 5.41) is 6.20. The van der Waals surface area contributed by atoms with Crippen molar-refractivity contribution in [2.75, 3.05) is 18.2 Å². The Hall–Kier alpha value is -2.41. The molecule has 0 saturated carbocycles. The minimum absolute atomic E-state index is 0.167. The van der Waals surface area contributed by atoms with Crippen molar-refractivity contribution in [2.45, 2.75) is 6.61 Å². The lowest BCUT2D eigenvalue weighted by molar-refractivity contribution is 0.101. The molecular weight excluding hydrogens is 236 g/mol. The Morgan fingerprint density at radius 1 is 1.56 bits per heavy atom. The molecule has 7 nitrogen and oxygen atoms in total. The lowest BCUT2D eigenvalue weighted by atomic mass is 10.3. The number of pyridine rings is 1. The van der Waals surface area contributed by atoms with Crippen molar-refractivity contribution in [1.29, 1.82) is 0 Å². The maximum absolute atomic E-state index is 11.8. The molecule has 2 aromatic heterocycles. The second-order valence-corrected chi connectivity index (χ2v) is 3.54. The molecule has 0 aliphatic heterocycles. The highest BCUT2D eigenvalue weighted by Crippen LogP contribution is 2.09. The Morgan fingerprint density at radius 3 is 3.06 bits per heavy atom. The molecule has 0 aliphatic carbocycles. The highest BCUT2D eigenvalue weighted by atomic mass is 16.5. The summed E-state index contributed by atoms with van der Waals surface area (Å²) in [6, 6.07) is 4.75. The monoisotopic (exact) mass is 248 g/mol. The first-order valence-electron chi connectivity index (χ1n) is 5.16. The fraction of sp³-hybridized carbons (Fsp3) is 0.182. The Labute approximate surface area is 103 Å². The topological polar surface area (TPSA) is 103 Å². The number of nitrogen functional groups attached to an aromatic ring is 1.